The second-order valence-corrected chi connectivity index (χ2v) is 6.97. The highest BCUT2D eigenvalue weighted by Crippen LogP contribution is 2.33. The van der Waals surface area contributed by atoms with Gasteiger partial charge in [-0.3, -0.25) is 14.6 Å². The molecule has 3 aromatic rings. The van der Waals surface area contributed by atoms with Crippen molar-refractivity contribution < 1.29 is 14.1 Å². The van der Waals surface area contributed by atoms with E-state index in [2.05, 4.69) is 15.5 Å². The highest BCUT2D eigenvalue weighted by atomic mass is 16.5. The largest absolute Gasteiger partial charge is 0.490 e. The van der Waals surface area contributed by atoms with Gasteiger partial charge in [0.1, 0.15) is 17.5 Å². The molecule has 9 heteroatoms. The summed E-state index contributed by atoms with van der Waals surface area (Å²) in [7, 11) is 0. The zero-order chi connectivity index (χ0) is 20.4. The molecule has 4 rings (SSSR count). The first-order valence-corrected chi connectivity index (χ1v) is 9.30. The van der Waals surface area contributed by atoms with E-state index >= 15 is 0 Å². The number of aromatic amines is 1. The number of amides is 1. The van der Waals surface area contributed by atoms with Crippen LogP contribution in [0.1, 0.15) is 24.6 Å². The summed E-state index contributed by atoms with van der Waals surface area (Å²) in [6.45, 7) is 2.41. The van der Waals surface area contributed by atoms with E-state index in [0.29, 0.717) is 11.5 Å². The molecule has 0 spiro atoms. The van der Waals surface area contributed by atoms with Gasteiger partial charge in [0.2, 0.25) is 5.91 Å². The summed E-state index contributed by atoms with van der Waals surface area (Å²) in [6.07, 6.45) is 2.49. The van der Waals surface area contributed by atoms with Gasteiger partial charge in [-0.1, -0.05) is 5.16 Å². The molecule has 0 unspecified atom stereocenters. The van der Waals surface area contributed by atoms with Crippen LogP contribution in [0.15, 0.2) is 50.6 Å². The third kappa shape index (κ3) is 4.29. The summed E-state index contributed by atoms with van der Waals surface area (Å²) >= 11 is 0. The molecule has 2 aromatic heterocycles. The molecule has 1 amide bonds. The number of H-pyrrole nitrogens is 1. The minimum Gasteiger partial charge on any atom is -0.490 e. The molecule has 0 aliphatic carbocycles. The van der Waals surface area contributed by atoms with E-state index < -0.39 is 11.2 Å². The molecule has 0 radical (unpaired) electrons. The van der Waals surface area contributed by atoms with Gasteiger partial charge in [-0.2, -0.15) is 0 Å². The van der Waals surface area contributed by atoms with E-state index in [1.54, 1.807) is 6.07 Å². The first kappa shape index (κ1) is 18.7. The highest BCUT2D eigenvalue weighted by Gasteiger charge is 2.20. The lowest BCUT2D eigenvalue weighted by atomic mass is 10.1. The van der Waals surface area contributed by atoms with Crippen LogP contribution in [-0.4, -0.2) is 26.7 Å². The van der Waals surface area contributed by atoms with E-state index in [9.17, 15) is 14.4 Å². The molecule has 0 fully saturated rings. The fraction of sp³-hybridized carbons (Fsp3) is 0.300. The molecule has 1 aliphatic rings. The van der Waals surface area contributed by atoms with Crippen molar-refractivity contribution in [3.8, 4) is 17.1 Å². The number of carbonyl (C=O) groups is 1. The molecular formula is C20H20N4O5. The van der Waals surface area contributed by atoms with Crippen molar-refractivity contribution >= 4 is 5.91 Å². The maximum absolute atomic E-state index is 12.0. The van der Waals surface area contributed by atoms with Gasteiger partial charge in [-0.15, -0.1) is 0 Å². The van der Waals surface area contributed by atoms with E-state index in [0.717, 1.165) is 23.3 Å². The Morgan fingerprint density at radius 2 is 2.17 bits per heavy atom. The fourth-order valence-corrected chi connectivity index (χ4v) is 3.23. The quantitative estimate of drug-likeness (QED) is 0.647. The second-order valence-electron chi connectivity index (χ2n) is 6.97. The topological polar surface area (TPSA) is 119 Å². The van der Waals surface area contributed by atoms with Crippen LogP contribution in [0.25, 0.3) is 11.3 Å². The number of hydrogen-bond acceptors (Lipinski definition) is 6. The average molecular weight is 396 g/mol. The number of hydrogen-bond donors (Lipinski definition) is 2. The maximum atomic E-state index is 12.0. The van der Waals surface area contributed by atoms with E-state index in [-0.39, 0.29) is 31.5 Å². The lowest BCUT2D eigenvalue weighted by molar-refractivity contribution is -0.121. The Bertz CT molecular complexity index is 1160. The molecule has 0 saturated carbocycles. The Morgan fingerprint density at radius 1 is 1.31 bits per heavy atom. The van der Waals surface area contributed by atoms with Gasteiger partial charge < -0.3 is 19.1 Å². The molecule has 0 saturated heterocycles. The van der Waals surface area contributed by atoms with Crippen molar-refractivity contribution in [2.75, 3.05) is 0 Å². The van der Waals surface area contributed by atoms with Crippen molar-refractivity contribution in [3.63, 3.8) is 0 Å². The van der Waals surface area contributed by atoms with Gasteiger partial charge in [0.25, 0.3) is 5.56 Å². The molecule has 1 atom stereocenters. The number of fused-ring (bicyclic) bond motifs is 1. The number of nitrogens with one attached hydrogen (secondary N) is 2. The lowest BCUT2D eigenvalue weighted by Gasteiger charge is -2.05. The summed E-state index contributed by atoms with van der Waals surface area (Å²) in [4.78, 5) is 36.8. The number of carbonyl (C=O) groups excluding carboxylic acids is 1. The number of nitrogens with zero attached hydrogens (tertiary/aromatic N) is 2. The van der Waals surface area contributed by atoms with Gasteiger partial charge in [0, 0.05) is 43.3 Å². The Hall–Kier alpha value is -3.62. The van der Waals surface area contributed by atoms with Gasteiger partial charge in [-0.05, 0) is 30.7 Å². The van der Waals surface area contributed by atoms with Crippen LogP contribution in [0.5, 0.6) is 5.75 Å². The number of ether oxygens (including phenoxy) is 1. The molecule has 9 nitrogen and oxygen atoms in total. The maximum Gasteiger partial charge on any atom is 0.328 e. The summed E-state index contributed by atoms with van der Waals surface area (Å²) < 4.78 is 12.4. The third-order valence-electron chi connectivity index (χ3n) is 4.68. The number of rotatable bonds is 6. The van der Waals surface area contributed by atoms with Gasteiger partial charge in [0.05, 0.1) is 6.54 Å². The Labute approximate surface area is 165 Å². The Kier molecular flexibility index (Phi) is 5.03. The van der Waals surface area contributed by atoms with Crippen LogP contribution in [0.2, 0.25) is 0 Å². The molecular weight excluding hydrogens is 376 g/mol. The van der Waals surface area contributed by atoms with Crippen LogP contribution in [0.3, 0.4) is 0 Å². The van der Waals surface area contributed by atoms with Crippen molar-refractivity contribution in [2.45, 2.75) is 39.0 Å². The standard InChI is InChI=1S/C20H20N4O5/c1-12-8-14-9-13(2-3-16(14)28-12)17-10-15(23-29-17)11-21-18(25)4-6-24-7-5-19(26)22-20(24)27/h2-3,5,7,9-10,12H,4,6,8,11H2,1H3,(H,21,25)(H,22,26,27)/t12-/m0/s1. The predicted molar refractivity (Wildman–Crippen MR) is 104 cm³/mol. The summed E-state index contributed by atoms with van der Waals surface area (Å²) in [5, 5.41) is 6.74. The highest BCUT2D eigenvalue weighted by molar-refractivity contribution is 5.75. The van der Waals surface area contributed by atoms with Crippen LogP contribution in [0, 0.1) is 0 Å². The minimum absolute atomic E-state index is 0.0969. The monoisotopic (exact) mass is 396 g/mol. The van der Waals surface area contributed by atoms with E-state index in [1.165, 1.54) is 16.8 Å². The van der Waals surface area contributed by atoms with Gasteiger partial charge in [-0.25, -0.2) is 4.79 Å². The first-order chi connectivity index (χ1) is 14.0. The summed E-state index contributed by atoms with van der Waals surface area (Å²) in [5.41, 5.74) is 1.63. The predicted octanol–water partition coefficient (Wildman–Crippen LogP) is 1.22. The number of benzene rings is 1. The van der Waals surface area contributed by atoms with Crippen LogP contribution in [-0.2, 0) is 24.3 Å². The first-order valence-electron chi connectivity index (χ1n) is 9.30. The fourth-order valence-electron chi connectivity index (χ4n) is 3.23. The van der Waals surface area contributed by atoms with Crippen molar-refractivity contribution in [1.29, 1.82) is 0 Å². The van der Waals surface area contributed by atoms with Crippen LogP contribution < -0.4 is 21.3 Å². The Balaban J connectivity index is 1.32. The summed E-state index contributed by atoms with van der Waals surface area (Å²) in [6, 6.07) is 8.90. The van der Waals surface area contributed by atoms with Gasteiger partial charge in [0.15, 0.2) is 5.76 Å². The van der Waals surface area contributed by atoms with E-state index in [1.807, 2.05) is 25.1 Å². The Morgan fingerprint density at radius 3 is 3.00 bits per heavy atom. The zero-order valence-electron chi connectivity index (χ0n) is 15.8. The van der Waals surface area contributed by atoms with Gasteiger partial charge >= 0.3 is 5.69 Å². The molecule has 29 heavy (non-hydrogen) atoms. The van der Waals surface area contributed by atoms with E-state index in [4.69, 9.17) is 9.26 Å². The molecule has 2 N–H and O–H groups in total. The second kappa shape index (κ2) is 7.78. The van der Waals surface area contributed by atoms with Crippen LogP contribution >= 0.6 is 0 Å². The number of aromatic nitrogens is 3. The molecule has 1 aromatic carbocycles. The zero-order valence-corrected chi connectivity index (χ0v) is 15.8. The normalized spacial score (nSPS) is 15.0. The lowest BCUT2D eigenvalue weighted by Crippen LogP contribution is -2.31. The summed E-state index contributed by atoms with van der Waals surface area (Å²) in [5.74, 6) is 1.28. The SMILES string of the molecule is C[C@H]1Cc2cc(-c3cc(CNC(=O)CCn4ccc(=O)[nH]c4=O)no3)ccc2O1. The molecule has 3 heterocycles. The number of aryl methyl sites for hydroxylation is 1. The molecule has 0 bridgehead atoms. The van der Waals surface area contributed by atoms with Crippen LogP contribution in [0.4, 0.5) is 0 Å². The third-order valence-corrected chi connectivity index (χ3v) is 4.68. The van der Waals surface area contributed by atoms with Crippen molar-refractivity contribution in [3.05, 3.63) is 68.6 Å². The smallest absolute Gasteiger partial charge is 0.328 e. The molecule has 1 aliphatic heterocycles. The van der Waals surface area contributed by atoms with Crippen molar-refractivity contribution in [2.24, 2.45) is 0 Å². The van der Waals surface area contributed by atoms with Crippen molar-refractivity contribution in [1.82, 2.24) is 20.0 Å². The average Bonchev–Trinajstić information content (AvgIpc) is 3.30. The minimum atomic E-state index is -0.541. The molecule has 150 valence electrons.